The third-order valence-corrected chi connectivity index (χ3v) is 3.09. The number of carbonyl (C=O) groups excluding carboxylic acids is 1. The lowest BCUT2D eigenvalue weighted by molar-refractivity contribution is 0.225. The van der Waals surface area contributed by atoms with Crippen molar-refractivity contribution in [2.75, 3.05) is 19.0 Å². The molecule has 2 aromatic carbocycles. The molecular formula is C16H17FN2O3. The first kappa shape index (κ1) is 15.8. The first-order valence-corrected chi connectivity index (χ1v) is 6.70. The van der Waals surface area contributed by atoms with Crippen LogP contribution in [-0.4, -0.2) is 24.9 Å². The number of amides is 2. The maximum atomic E-state index is 13.1. The van der Waals surface area contributed by atoms with Crippen molar-refractivity contribution in [2.24, 2.45) is 0 Å². The van der Waals surface area contributed by atoms with Crippen molar-refractivity contribution in [2.45, 2.75) is 6.04 Å². The van der Waals surface area contributed by atoms with Gasteiger partial charge in [-0.25, -0.2) is 9.18 Å². The van der Waals surface area contributed by atoms with E-state index in [4.69, 9.17) is 4.74 Å². The fourth-order valence-corrected chi connectivity index (χ4v) is 1.96. The molecule has 0 aliphatic heterocycles. The fraction of sp³-hybridized carbons (Fsp3) is 0.188. The van der Waals surface area contributed by atoms with Crippen molar-refractivity contribution in [3.8, 4) is 5.75 Å². The number of anilines is 1. The molecular weight excluding hydrogens is 287 g/mol. The molecule has 0 aromatic heterocycles. The van der Waals surface area contributed by atoms with Gasteiger partial charge in [-0.2, -0.15) is 0 Å². The Labute approximate surface area is 127 Å². The van der Waals surface area contributed by atoms with Gasteiger partial charge in [-0.3, -0.25) is 0 Å². The highest BCUT2D eigenvalue weighted by molar-refractivity contribution is 5.89. The zero-order valence-corrected chi connectivity index (χ0v) is 12.0. The average molecular weight is 304 g/mol. The van der Waals surface area contributed by atoms with Crippen molar-refractivity contribution in [1.82, 2.24) is 5.32 Å². The number of rotatable bonds is 5. The number of benzene rings is 2. The SMILES string of the molecule is COc1ccc(C(CO)NC(=O)Nc2cccc(F)c2)cc1. The van der Waals surface area contributed by atoms with Crippen LogP contribution in [-0.2, 0) is 0 Å². The molecule has 0 radical (unpaired) electrons. The molecule has 3 N–H and O–H groups in total. The molecule has 116 valence electrons. The molecule has 0 fully saturated rings. The lowest BCUT2D eigenvalue weighted by Gasteiger charge is -2.17. The van der Waals surface area contributed by atoms with E-state index >= 15 is 0 Å². The molecule has 0 aliphatic carbocycles. The molecule has 2 aromatic rings. The minimum atomic E-state index is -0.570. The summed E-state index contributed by atoms with van der Waals surface area (Å²) in [5.74, 6) is 0.247. The van der Waals surface area contributed by atoms with E-state index in [-0.39, 0.29) is 6.61 Å². The van der Waals surface area contributed by atoms with Crippen molar-refractivity contribution in [1.29, 1.82) is 0 Å². The van der Waals surface area contributed by atoms with Crippen LogP contribution in [0.15, 0.2) is 48.5 Å². The number of hydrogen-bond acceptors (Lipinski definition) is 3. The van der Waals surface area contributed by atoms with Crippen molar-refractivity contribution in [3.05, 3.63) is 59.9 Å². The van der Waals surface area contributed by atoms with E-state index in [0.717, 1.165) is 5.56 Å². The summed E-state index contributed by atoms with van der Waals surface area (Å²) in [5, 5.41) is 14.6. The van der Waals surface area contributed by atoms with Crippen LogP contribution in [0.5, 0.6) is 5.75 Å². The first-order chi connectivity index (χ1) is 10.6. The van der Waals surface area contributed by atoms with Crippen LogP contribution in [0, 0.1) is 5.82 Å². The summed E-state index contributed by atoms with van der Waals surface area (Å²) in [7, 11) is 1.56. The molecule has 0 aliphatic rings. The number of methoxy groups -OCH3 is 1. The number of nitrogens with one attached hydrogen (secondary N) is 2. The normalized spacial score (nSPS) is 11.6. The molecule has 0 saturated heterocycles. The average Bonchev–Trinajstić information content (AvgIpc) is 2.53. The van der Waals surface area contributed by atoms with E-state index in [2.05, 4.69) is 10.6 Å². The van der Waals surface area contributed by atoms with Crippen LogP contribution in [0.25, 0.3) is 0 Å². The Kier molecular flexibility index (Phi) is 5.32. The topological polar surface area (TPSA) is 70.6 Å². The van der Waals surface area contributed by atoms with Crippen LogP contribution < -0.4 is 15.4 Å². The van der Waals surface area contributed by atoms with Crippen molar-refractivity contribution in [3.63, 3.8) is 0 Å². The molecule has 0 bridgehead atoms. The van der Waals surface area contributed by atoms with Crippen LogP contribution in [0.4, 0.5) is 14.9 Å². The van der Waals surface area contributed by atoms with E-state index < -0.39 is 17.9 Å². The van der Waals surface area contributed by atoms with E-state index in [1.807, 2.05) is 0 Å². The number of halogens is 1. The van der Waals surface area contributed by atoms with Gasteiger partial charge in [0.2, 0.25) is 0 Å². The summed E-state index contributed by atoms with van der Waals surface area (Å²) in [6, 6.07) is 11.5. The first-order valence-electron chi connectivity index (χ1n) is 6.70. The molecule has 5 nitrogen and oxygen atoms in total. The van der Waals surface area contributed by atoms with Crippen LogP contribution >= 0.6 is 0 Å². The maximum absolute atomic E-state index is 13.1. The Hall–Kier alpha value is -2.60. The van der Waals surface area contributed by atoms with Gasteiger partial charge in [0.15, 0.2) is 0 Å². The number of carbonyl (C=O) groups is 1. The highest BCUT2D eigenvalue weighted by Gasteiger charge is 2.14. The molecule has 1 atom stereocenters. The van der Waals surface area contributed by atoms with Crippen LogP contribution in [0.1, 0.15) is 11.6 Å². The lowest BCUT2D eigenvalue weighted by atomic mass is 10.1. The summed E-state index contributed by atoms with van der Waals surface area (Å²) in [4.78, 5) is 11.9. The number of urea groups is 1. The van der Waals surface area contributed by atoms with E-state index in [1.54, 1.807) is 37.4 Å². The predicted molar refractivity (Wildman–Crippen MR) is 81.4 cm³/mol. The highest BCUT2D eigenvalue weighted by Crippen LogP contribution is 2.17. The lowest BCUT2D eigenvalue weighted by Crippen LogP contribution is -2.34. The number of aliphatic hydroxyl groups is 1. The second-order valence-corrected chi connectivity index (χ2v) is 4.62. The summed E-state index contributed by atoms with van der Waals surface area (Å²) in [5.41, 5.74) is 1.07. The zero-order valence-electron chi connectivity index (χ0n) is 12.0. The summed E-state index contributed by atoms with van der Waals surface area (Å²) >= 11 is 0. The van der Waals surface area contributed by atoms with E-state index in [0.29, 0.717) is 11.4 Å². The Bertz CT molecular complexity index is 632. The molecule has 0 spiro atoms. The fourth-order valence-electron chi connectivity index (χ4n) is 1.96. The Morgan fingerprint density at radius 3 is 2.59 bits per heavy atom. The van der Waals surface area contributed by atoms with E-state index in [9.17, 15) is 14.3 Å². The molecule has 22 heavy (non-hydrogen) atoms. The molecule has 2 rings (SSSR count). The second kappa shape index (κ2) is 7.42. The largest absolute Gasteiger partial charge is 0.497 e. The molecule has 0 saturated carbocycles. The summed E-state index contributed by atoms with van der Waals surface area (Å²) in [6.07, 6.45) is 0. The molecule has 1 unspecified atom stereocenters. The highest BCUT2D eigenvalue weighted by atomic mass is 19.1. The molecule has 2 amide bonds. The third-order valence-electron chi connectivity index (χ3n) is 3.09. The van der Waals surface area contributed by atoms with Gasteiger partial charge in [0.25, 0.3) is 0 Å². The Balaban J connectivity index is 2.01. The number of ether oxygens (including phenoxy) is 1. The van der Waals surface area contributed by atoms with Gasteiger partial charge in [-0.1, -0.05) is 18.2 Å². The van der Waals surface area contributed by atoms with Gasteiger partial charge >= 0.3 is 6.03 Å². The smallest absolute Gasteiger partial charge is 0.319 e. The van der Waals surface area contributed by atoms with E-state index in [1.165, 1.54) is 18.2 Å². The summed E-state index contributed by atoms with van der Waals surface area (Å²) in [6.45, 7) is -0.261. The number of hydrogen-bond donors (Lipinski definition) is 3. The quantitative estimate of drug-likeness (QED) is 0.795. The van der Waals surface area contributed by atoms with Gasteiger partial charge < -0.3 is 20.5 Å². The zero-order chi connectivity index (χ0) is 15.9. The predicted octanol–water partition coefficient (Wildman–Crippen LogP) is 2.69. The third kappa shape index (κ3) is 4.20. The van der Waals surface area contributed by atoms with Gasteiger partial charge in [-0.05, 0) is 35.9 Å². The Morgan fingerprint density at radius 2 is 2.00 bits per heavy atom. The number of aliphatic hydroxyl groups excluding tert-OH is 1. The second-order valence-electron chi connectivity index (χ2n) is 4.62. The molecule has 6 heteroatoms. The van der Waals surface area contributed by atoms with Gasteiger partial charge in [0.1, 0.15) is 11.6 Å². The monoisotopic (exact) mass is 304 g/mol. The van der Waals surface area contributed by atoms with Gasteiger partial charge in [0.05, 0.1) is 19.8 Å². The van der Waals surface area contributed by atoms with Crippen molar-refractivity contribution < 1.29 is 19.0 Å². The minimum Gasteiger partial charge on any atom is -0.497 e. The maximum Gasteiger partial charge on any atom is 0.319 e. The van der Waals surface area contributed by atoms with Crippen LogP contribution in [0.3, 0.4) is 0 Å². The summed E-state index contributed by atoms with van der Waals surface area (Å²) < 4.78 is 18.1. The van der Waals surface area contributed by atoms with Crippen molar-refractivity contribution >= 4 is 11.7 Å². The minimum absolute atomic E-state index is 0.261. The Morgan fingerprint density at radius 1 is 1.27 bits per heavy atom. The van der Waals surface area contributed by atoms with Crippen LogP contribution in [0.2, 0.25) is 0 Å². The van der Waals surface area contributed by atoms with Gasteiger partial charge in [-0.15, -0.1) is 0 Å². The molecule has 0 heterocycles. The standard InChI is InChI=1S/C16H17FN2O3/c1-22-14-7-5-11(6-8-14)15(10-20)19-16(21)18-13-4-2-3-12(17)9-13/h2-9,15,20H,10H2,1H3,(H2,18,19,21). The van der Waals surface area contributed by atoms with Gasteiger partial charge in [0, 0.05) is 5.69 Å².